The van der Waals surface area contributed by atoms with Gasteiger partial charge in [0.15, 0.2) is 5.75 Å². The number of benzene rings is 2. The van der Waals surface area contributed by atoms with Crippen LogP contribution in [0.4, 0.5) is 5.82 Å². The van der Waals surface area contributed by atoms with Crippen molar-refractivity contribution >= 4 is 51.0 Å². The number of ether oxygens (including phenoxy) is 1. The zero-order valence-electron chi connectivity index (χ0n) is 21.6. The van der Waals surface area contributed by atoms with Gasteiger partial charge in [-0.1, -0.05) is 36.4 Å². The number of carbonyl (C=O) groups is 2. The summed E-state index contributed by atoms with van der Waals surface area (Å²) < 4.78 is 31.9. The molecule has 0 fully saturated rings. The zero-order valence-corrected chi connectivity index (χ0v) is 23.2. The van der Waals surface area contributed by atoms with Crippen molar-refractivity contribution < 1.29 is 33.0 Å². The van der Waals surface area contributed by atoms with Crippen LogP contribution in [0, 0.1) is 0 Å². The maximum atomic E-state index is 12.5. The van der Waals surface area contributed by atoms with Crippen LogP contribution in [0.3, 0.4) is 0 Å². The quantitative estimate of drug-likeness (QED) is 0.0697. The lowest BCUT2D eigenvalue weighted by atomic mass is 10.0. The number of aromatic nitrogens is 2. The smallest absolute Gasteiger partial charge is 0.320 e. The lowest BCUT2D eigenvalue weighted by molar-refractivity contribution is -0.134. The summed E-state index contributed by atoms with van der Waals surface area (Å²) in [5.41, 5.74) is 5.53. The number of nitrogen functional groups attached to an aromatic ring is 1. The van der Waals surface area contributed by atoms with Crippen molar-refractivity contribution in [2.24, 2.45) is 5.84 Å². The number of sulfonamides is 1. The number of halogens is 1. The van der Waals surface area contributed by atoms with Crippen molar-refractivity contribution in [1.29, 1.82) is 0 Å². The number of unbranched alkanes of at least 4 members (excludes halogenated alkanes) is 1. The van der Waals surface area contributed by atoms with Crippen molar-refractivity contribution in [2.45, 2.75) is 12.8 Å². The summed E-state index contributed by atoms with van der Waals surface area (Å²) in [6.45, 7) is 0.673. The Morgan fingerprint density at radius 1 is 0.951 bits per heavy atom. The van der Waals surface area contributed by atoms with E-state index in [1.165, 1.54) is 12.3 Å². The second-order valence-corrected chi connectivity index (χ2v) is 10.5. The standard InChI is InChI=1S/C27H27N5O7S.ClH/c28-31-27(36)21-13-23(30-24-14-25(29-15-22(21)24)32-40(37,38)16-26(34)35)19-5-3-17(4-6-19)18-7-9-20(10-8-18)39-12-2-1-11-33;/h3-10,13-15,33H,1-2,11-12,16,28H2,(H,29,32)(H,31,36)(H,34,35);1H. The van der Waals surface area contributed by atoms with Crippen molar-refractivity contribution in [3.05, 3.63) is 72.4 Å². The predicted molar refractivity (Wildman–Crippen MR) is 156 cm³/mol. The highest BCUT2D eigenvalue weighted by atomic mass is 35.5. The molecule has 0 aliphatic heterocycles. The molecule has 0 spiro atoms. The van der Waals surface area contributed by atoms with E-state index in [2.05, 4.69) is 20.1 Å². The molecule has 2 aromatic carbocycles. The first-order chi connectivity index (χ1) is 19.2. The van der Waals surface area contributed by atoms with Crippen LogP contribution in [0.25, 0.3) is 33.3 Å². The second-order valence-electron chi connectivity index (χ2n) is 8.75. The highest BCUT2D eigenvalue weighted by Gasteiger charge is 2.19. The van der Waals surface area contributed by atoms with Gasteiger partial charge in [0.2, 0.25) is 10.0 Å². The van der Waals surface area contributed by atoms with E-state index in [1.807, 2.05) is 48.5 Å². The van der Waals surface area contributed by atoms with Crippen LogP contribution in [0.15, 0.2) is 66.9 Å². The Morgan fingerprint density at radius 3 is 2.20 bits per heavy atom. The molecule has 0 bridgehead atoms. The van der Waals surface area contributed by atoms with Gasteiger partial charge in [-0.15, -0.1) is 12.4 Å². The molecular formula is C27H28ClN5O7S. The topological polar surface area (TPSA) is 194 Å². The Kier molecular flexibility index (Phi) is 10.6. The molecule has 2 aromatic heterocycles. The van der Waals surface area contributed by atoms with Crippen LogP contribution in [0.5, 0.6) is 5.75 Å². The van der Waals surface area contributed by atoms with E-state index in [4.69, 9.17) is 20.8 Å². The molecule has 0 aliphatic rings. The first-order valence-corrected chi connectivity index (χ1v) is 13.8. The summed E-state index contributed by atoms with van der Waals surface area (Å²) in [5, 5.41) is 18.0. The van der Waals surface area contributed by atoms with E-state index in [-0.39, 0.29) is 35.9 Å². The number of hydrogen-bond donors (Lipinski definition) is 5. The molecule has 41 heavy (non-hydrogen) atoms. The highest BCUT2D eigenvalue weighted by molar-refractivity contribution is 7.93. The van der Waals surface area contributed by atoms with Gasteiger partial charge in [-0.25, -0.2) is 24.2 Å². The van der Waals surface area contributed by atoms with Gasteiger partial charge in [-0.05, 0) is 42.2 Å². The molecule has 1 amide bonds. The zero-order chi connectivity index (χ0) is 28.7. The van der Waals surface area contributed by atoms with Gasteiger partial charge < -0.3 is 14.9 Å². The molecule has 0 saturated carbocycles. The summed E-state index contributed by atoms with van der Waals surface area (Å²) in [6.07, 6.45) is 2.73. The Hall–Kier alpha value is -4.30. The molecule has 2 heterocycles. The summed E-state index contributed by atoms with van der Waals surface area (Å²) in [6, 6.07) is 18.0. The Labute approximate surface area is 242 Å². The molecule has 0 atom stereocenters. The van der Waals surface area contributed by atoms with Gasteiger partial charge in [0, 0.05) is 29.8 Å². The van der Waals surface area contributed by atoms with Gasteiger partial charge in [-0.2, -0.15) is 0 Å². The third-order valence-electron chi connectivity index (χ3n) is 5.83. The van der Waals surface area contributed by atoms with Gasteiger partial charge in [0.05, 0.1) is 23.4 Å². The number of fused-ring (bicyclic) bond motifs is 1. The van der Waals surface area contributed by atoms with Crippen LogP contribution >= 0.6 is 12.4 Å². The van der Waals surface area contributed by atoms with E-state index in [0.717, 1.165) is 23.3 Å². The average Bonchev–Trinajstić information content (AvgIpc) is 2.93. The number of anilines is 1. The van der Waals surface area contributed by atoms with E-state index >= 15 is 0 Å². The van der Waals surface area contributed by atoms with Crippen molar-refractivity contribution in [1.82, 2.24) is 15.4 Å². The van der Waals surface area contributed by atoms with E-state index in [1.54, 1.807) is 6.07 Å². The number of carboxylic acid groups (broad SMARTS) is 1. The lowest BCUT2D eigenvalue weighted by Gasteiger charge is -2.11. The number of nitrogens with one attached hydrogen (secondary N) is 2. The summed E-state index contributed by atoms with van der Waals surface area (Å²) in [7, 11) is -4.19. The minimum atomic E-state index is -4.19. The van der Waals surface area contributed by atoms with Crippen LogP contribution < -0.4 is 20.7 Å². The molecule has 0 saturated heterocycles. The van der Waals surface area contributed by atoms with Crippen LogP contribution in [0.2, 0.25) is 0 Å². The van der Waals surface area contributed by atoms with Gasteiger partial charge in [0.25, 0.3) is 5.91 Å². The molecular weight excluding hydrogens is 574 g/mol. The van der Waals surface area contributed by atoms with Gasteiger partial charge >= 0.3 is 5.97 Å². The predicted octanol–water partition coefficient (Wildman–Crippen LogP) is 2.97. The number of rotatable bonds is 12. The van der Waals surface area contributed by atoms with Crippen LogP contribution in [-0.4, -0.2) is 59.4 Å². The summed E-state index contributed by atoms with van der Waals surface area (Å²) in [4.78, 5) is 31.9. The van der Waals surface area contributed by atoms with E-state index in [0.29, 0.717) is 29.7 Å². The number of aliphatic hydroxyl groups excluding tert-OH is 1. The Morgan fingerprint density at radius 2 is 1.59 bits per heavy atom. The van der Waals surface area contributed by atoms with E-state index in [9.17, 15) is 18.0 Å². The Bertz CT molecular complexity index is 1630. The number of nitrogens with two attached hydrogens (primary N) is 1. The number of carbonyl (C=O) groups excluding carboxylic acids is 1. The molecule has 6 N–H and O–H groups in total. The minimum Gasteiger partial charge on any atom is -0.494 e. The minimum absolute atomic E-state index is 0. The fraction of sp³-hybridized carbons (Fsp3) is 0.185. The number of pyridine rings is 2. The molecule has 216 valence electrons. The molecule has 0 radical (unpaired) electrons. The number of aliphatic carboxylic acids is 1. The normalized spacial score (nSPS) is 11.0. The van der Waals surface area contributed by atoms with Crippen LogP contribution in [0.1, 0.15) is 23.2 Å². The first kappa shape index (κ1) is 31.2. The number of nitrogens with zero attached hydrogens (tertiary/aromatic N) is 2. The molecule has 0 aliphatic carbocycles. The maximum absolute atomic E-state index is 12.5. The monoisotopic (exact) mass is 601 g/mol. The molecule has 4 aromatic rings. The molecule has 12 nitrogen and oxygen atoms in total. The van der Waals surface area contributed by atoms with Crippen molar-refractivity contribution in [3.8, 4) is 28.1 Å². The van der Waals surface area contributed by atoms with Crippen LogP contribution in [-0.2, 0) is 14.8 Å². The summed E-state index contributed by atoms with van der Waals surface area (Å²) >= 11 is 0. The van der Waals surface area contributed by atoms with E-state index < -0.39 is 27.7 Å². The number of aliphatic hydroxyl groups is 1. The SMILES string of the molecule is Cl.NNC(=O)c1cc(-c2ccc(-c3ccc(OCCCCO)cc3)cc2)nc2cc(NS(=O)(=O)CC(=O)O)ncc12. The number of hydrazine groups is 1. The molecule has 4 rings (SSSR count). The first-order valence-electron chi connectivity index (χ1n) is 12.2. The summed E-state index contributed by atoms with van der Waals surface area (Å²) in [5.74, 6) is 2.73. The highest BCUT2D eigenvalue weighted by Crippen LogP contribution is 2.29. The third kappa shape index (κ3) is 8.11. The van der Waals surface area contributed by atoms with Crippen molar-refractivity contribution in [3.63, 3.8) is 0 Å². The largest absolute Gasteiger partial charge is 0.494 e. The third-order valence-corrected chi connectivity index (χ3v) is 6.98. The lowest BCUT2D eigenvalue weighted by Crippen LogP contribution is -2.30. The number of hydrogen-bond acceptors (Lipinski definition) is 9. The number of carboxylic acids is 1. The number of amides is 1. The van der Waals surface area contributed by atoms with Crippen molar-refractivity contribution in [2.75, 3.05) is 23.7 Å². The molecule has 14 heteroatoms. The fourth-order valence-corrected chi connectivity index (χ4v) is 4.76. The van der Waals surface area contributed by atoms with Gasteiger partial charge in [0.1, 0.15) is 11.6 Å². The maximum Gasteiger partial charge on any atom is 0.320 e. The average molecular weight is 602 g/mol. The second kappa shape index (κ2) is 13.9. The van der Waals surface area contributed by atoms with Gasteiger partial charge in [-0.3, -0.25) is 19.7 Å². The fourth-order valence-electron chi connectivity index (χ4n) is 3.93. The molecule has 0 unspecified atom stereocenters. The Balaban J connectivity index is 0.00000462.